The fourth-order valence-corrected chi connectivity index (χ4v) is 1.97. The van der Waals surface area contributed by atoms with E-state index in [1.165, 1.54) is 6.21 Å². The molecule has 2 aromatic carbocycles. The van der Waals surface area contributed by atoms with Crippen molar-refractivity contribution in [3.05, 3.63) is 63.6 Å². The van der Waals surface area contributed by atoms with Crippen molar-refractivity contribution in [1.82, 2.24) is 5.43 Å². The van der Waals surface area contributed by atoms with Crippen LogP contribution in [-0.4, -0.2) is 18.7 Å². The third-order valence-electron chi connectivity index (χ3n) is 2.77. The molecule has 0 saturated heterocycles. The van der Waals surface area contributed by atoms with Gasteiger partial charge in [0.05, 0.1) is 16.3 Å². The highest BCUT2D eigenvalue weighted by atomic mass is 35.5. The zero-order valence-corrected chi connectivity index (χ0v) is 13.4. The maximum atomic E-state index is 11.6. The largest absolute Gasteiger partial charge is 0.484 e. The number of halogens is 2. The smallest absolute Gasteiger partial charge is 0.277 e. The number of ether oxygens (including phenoxy) is 1. The molecule has 0 fully saturated rings. The van der Waals surface area contributed by atoms with Gasteiger partial charge in [-0.05, 0) is 25.1 Å². The first-order valence-electron chi connectivity index (χ1n) is 6.51. The molecular formula is C16H14Cl2N2O2. The van der Waals surface area contributed by atoms with E-state index in [4.69, 9.17) is 27.9 Å². The van der Waals surface area contributed by atoms with Crippen molar-refractivity contribution in [2.75, 3.05) is 6.61 Å². The lowest BCUT2D eigenvalue weighted by molar-refractivity contribution is -0.123. The van der Waals surface area contributed by atoms with Gasteiger partial charge in [0.2, 0.25) is 0 Å². The molecule has 0 aliphatic heterocycles. The predicted molar refractivity (Wildman–Crippen MR) is 88.9 cm³/mol. The first-order valence-corrected chi connectivity index (χ1v) is 7.27. The van der Waals surface area contributed by atoms with Crippen LogP contribution in [0, 0.1) is 6.92 Å². The fourth-order valence-electron chi connectivity index (χ4n) is 1.61. The van der Waals surface area contributed by atoms with Crippen LogP contribution in [0.1, 0.15) is 11.1 Å². The lowest BCUT2D eigenvalue weighted by Gasteiger charge is -2.05. The SMILES string of the molecule is Cc1ccc(OCC(=O)N/N=C/c2cccc(Cl)c2Cl)cc1. The van der Waals surface area contributed by atoms with E-state index in [9.17, 15) is 4.79 Å². The monoisotopic (exact) mass is 336 g/mol. The molecule has 114 valence electrons. The van der Waals surface area contributed by atoms with Gasteiger partial charge in [0, 0.05) is 5.56 Å². The Morgan fingerprint density at radius 1 is 1.23 bits per heavy atom. The van der Waals surface area contributed by atoms with E-state index in [2.05, 4.69) is 10.5 Å². The highest BCUT2D eigenvalue weighted by Gasteiger charge is 2.03. The van der Waals surface area contributed by atoms with Crippen molar-refractivity contribution in [3.8, 4) is 5.75 Å². The number of aryl methyl sites for hydroxylation is 1. The molecule has 0 bridgehead atoms. The minimum Gasteiger partial charge on any atom is -0.484 e. The topological polar surface area (TPSA) is 50.7 Å². The minimum absolute atomic E-state index is 0.121. The molecule has 1 N–H and O–H groups in total. The molecule has 0 aromatic heterocycles. The lowest BCUT2D eigenvalue weighted by Crippen LogP contribution is -2.24. The number of carbonyl (C=O) groups is 1. The quantitative estimate of drug-likeness (QED) is 0.666. The molecule has 0 heterocycles. The summed E-state index contributed by atoms with van der Waals surface area (Å²) in [5.74, 6) is 0.262. The average molecular weight is 337 g/mol. The lowest BCUT2D eigenvalue weighted by atomic mass is 10.2. The number of amides is 1. The molecule has 0 radical (unpaired) electrons. The van der Waals surface area contributed by atoms with E-state index in [0.29, 0.717) is 21.4 Å². The number of nitrogens with zero attached hydrogens (tertiary/aromatic N) is 1. The van der Waals surface area contributed by atoms with E-state index in [1.54, 1.807) is 30.3 Å². The van der Waals surface area contributed by atoms with Crippen LogP contribution in [0.3, 0.4) is 0 Å². The molecule has 0 aliphatic carbocycles. The third kappa shape index (κ3) is 4.76. The van der Waals surface area contributed by atoms with Crippen molar-refractivity contribution >= 4 is 35.3 Å². The summed E-state index contributed by atoms with van der Waals surface area (Å²) in [6.45, 7) is 1.86. The summed E-state index contributed by atoms with van der Waals surface area (Å²) in [6, 6.07) is 12.6. The van der Waals surface area contributed by atoms with Gasteiger partial charge in [0.15, 0.2) is 6.61 Å². The summed E-state index contributed by atoms with van der Waals surface area (Å²) in [7, 11) is 0. The standard InChI is InChI=1S/C16H14Cl2N2O2/c1-11-5-7-13(8-6-11)22-10-15(21)20-19-9-12-3-2-4-14(17)16(12)18/h2-9H,10H2,1H3,(H,20,21)/b19-9+. The van der Waals surface area contributed by atoms with Crippen LogP contribution in [0.5, 0.6) is 5.75 Å². The summed E-state index contributed by atoms with van der Waals surface area (Å²) in [5.41, 5.74) is 4.11. The Kier molecular flexibility index (Phi) is 5.81. The van der Waals surface area contributed by atoms with Crippen LogP contribution in [-0.2, 0) is 4.79 Å². The number of hydrogen-bond acceptors (Lipinski definition) is 3. The predicted octanol–water partition coefficient (Wildman–Crippen LogP) is 3.83. The number of benzene rings is 2. The van der Waals surface area contributed by atoms with Gasteiger partial charge in [-0.1, -0.05) is 53.0 Å². The number of rotatable bonds is 5. The summed E-state index contributed by atoms with van der Waals surface area (Å²) in [4.78, 5) is 11.6. The van der Waals surface area contributed by atoms with Crippen LogP contribution in [0.25, 0.3) is 0 Å². The van der Waals surface area contributed by atoms with Gasteiger partial charge in [-0.2, -0.15) is 5.10 Å². The van der Waals surface area contributed by atoms with E-state index < -0.39 is 0 Å². The maximum absolute atomic E-state index is 11.6. The molecule has 6 heteroatoms. The van der Waals surface area contributed by atoms with E-state index >= 15 is 0 Å². The van der Waals surface area contributed by atoms with Gasteiger partial charge in [-0.3, -0.25) is 4.79 Å². The first kappa shape index (κ1) is 16.3. The molecule has 22 heavy (non-hydrogen) atoms. The average Bonchev–Trinajstić information content (AvgIpc) is 2.51. The van der Waals surface area contributed by atoms with Crippen molar-refractivity contribution in [2.45, 2.75) is 6.92 Å². The zero-order chi connectivity index (χ0) is 15.9. The number of hydrazone groups is 1. The molecule has 4 nitrogen and oxygen atoms in total. The summed E-state index contributed by atoms with van der Waals surface area (Å²) in [5, 5.41) is 4.64. The number of hydrogen-bond donors (Lipinski definition) is 1. The van der Waals surface area contributed by atoms with Gasteiger partial charge >= 0.3 is 0 Å². The number of nitrogens with one attached hydrogen (secondary N) is 1. The van der Waals surface area contributed by atoms with Crippen LogP contribution in [0.4, 0.5) is 0 Å². The second kappa shape index (κ2) is 7.82. The Hall–Kier alpha value is -2.04. The van der Waals surface area contributed by atoms with Crippen LogP contribution >= 0.6 is 23.2 Å². The molecule has 2 rings (SSSR count). The Bertz CT molecular complexity index is 685. The van der Waals surface area contributed by atoms with Crippen LogP contribution in [0.2, 0.25) is 10.0 Å². The summed E-state index contributed by atoms with van der Waals surface area (Å²) in [6.07, 6.45) is 1.43. The molecular weight excluding hydrogens is 323 g/mol. The minimum atomic E-state index is -0.366. The molecule has 0 unspecified atom stereocenters. The van der Waals surface area contributed by atoms with E-state index in [0.717, 1.165) is 5.56 Å². The summed E-state index contributed by atoms with van der Waals surface area (Å²) >= 11 is 11.9. The molecule has 0 spiro atoms. The Labute approximate surface area is 138 Å². The van der Waals surface area contributed by atoms with Gasteiger partial charge in [0.1, 0.15) is 5.75 Å². The van der Waals surface area contributed by atoms with Crippen molar-refractivity contribution in [2.24, 2.45) is 5.10 Å². The normalized spacial score (nSPS) is 10.7. The van der Waals surface area contributed by atoms with Crippen molar-refractivity contribution in [1.29, 1.82) is 0 Å². The molecule has 0 saturated carbocycles. The zero-order valence-electron chi connectivity index (χ0n) is 11.8. The fraction of sp³-hybridized carbons (Fsp3) is 0.125. The molecule has 0 atom stereocenters. The van der Waals surface area contributed by atoms with Crippen LogP contribution in [0.15, 0.2) is 47.6 Å². The highest BCUT2D eigenvalue weighted by Crippen LogP contribution is 2.24. The molecule has 0 aliphatic rings. The van der Waals surface area contributed by atoms with Gasteiger partial charge in [-0.25, -0.2) is 5.43 Å². The Morgan fingerprint density at radius 3 is 2.68 bits per heavy atom. The van der Waals surface area contributed by atoms with Crippen molar-refractivity contribution in [3.63, 3.8) is 0 Å². The Morgan fingerprint density at radius 2 is 1.95 bits per heavy atom. The molecule has 2 aromatic rings. The van der Waals surface area contributed by atoms with Gasteiger partial charge in [-0.15, -0.1) is 0 Å². The third-order valence-corrected chi connectivity index (χ3v) is 3.60. The van der Waals surface area contributed by atoms with Crippen LogP contribution < -0.4 is 10.2 Å². The summed E-state index contributed by atoms with van der Waals surface area (Å²) < 4.78 is 5.34. The van der Waals surface area contributed by atoms with Gasteiger partial charge in [0.25, 0.3) is 5.91 Å². The van der Waals surface area contributed by atoms with Crippen molar-refractivity contribution < 1.29 is 9.53 Å². The van der Waals surface area contributed by atoms with E-state index in [-0.39, 0.29) is 12.5 Å². The Balaban J connectivity index is 1.83. The second-order valence-electron chi connectivity index (χ2n) is 4.54. The van der Waals surface area contributed by atoms with E-state index in [1.807, 2.05) is 19.1 Å². The second-order valence-corrected chi connectivity index (χ2v) is 5.32. The first-order chi connectivity index (χ1) is 10.6. The maximum Gasteiger partial charge on any atom is 0.277 e. The van der Waals surface area contributed by atoms with Gasteiger partial charge < -0.3 is 4.74 Å². The highest BCUT2D eigenvalue weighted by molar-refractivity contribution is 6.43. The molecule has 1 amide bonds. The number of carbonyl (C=O) groups excluding carboxylic acids is 1.